The summed E-state index contributed by atoms with van der Waals surface area (Å²) in [5, 5.41) is 2.78. The molecule has 0 bridgehead atoms. The number of methoxy groups -OCH3 is 1. The number of nitrogens with one attached hydrogen (secondary N) is 1. The second-order valence-electron chi connectivity index (χ2n) is 10.4. The van der Waals surface area contributed by atoms with Gasteiger partial charge in [0.1, 0.15) is 5.82 Å². The molecule has 2 aliphatic heterocycles. The van der Waals surface area contributed by atoms with Crippen molar-refractivity contribution in [1.29, 1.82) is 0 Å². The van der Waals surface area contributed by atoms with Gasteiger partial charge in [-0.05, 0) is 25.0 Å². The van der Waals surface area contributed by atoms with Crippen molar-refractivity contribution in [2.45, 2.75) is 31.3 Å². The van der Waals surface area contributed by atoms with Crippen molar-refractivity contribution in [3.8, 4) is 11.1 Å². The number of alkyl halides is 2. The summed E-state index contributed by atoms with van der Waals surface area (Å²) >= 11 is 0. The van der Waals surface area contributed by atoms with Crippen molar-refractivity contribution in [3.05, 3.63) is 60.3 Å². The number of aromatic nitrogens is 3. The van der Waals surface area contributed by atoms with Crippen molar-refractivity contribution >= 4 is 23.4 Å². The summed E-state index contributed by atoms with van der Waals surface area (Å²) in [5.41, 5.74) is 1.18. The second-order valence-corrected chi connectivity index (χ2v) is 10.4. The summed E-state index contributed by atoms with van der Waals surface area (Å²) < 4.78 is 48.2. The molecule has 38 heavy (non-hydrogen) atoms. The molecule has 3 aliphatic rings. The highest BCUT2D eigenvalue weighted by atomic mass is 19.3. The maximum absolute atomic E-state index is 14.7. The summed E-state index contributed by atoms with van der Waals surface area (Å²) in [4.78, 5) is 29.8. The molecule has 198 valence electrons. The van der Waals surface area contributed by atoms with Gasteiger partial charge in [-0.25, -0.2) is 28.1 Å². The number of carbonyl (C=O) groups excluding carboxylic acids is 1. The number of hydrogen-bond donors (Lipinski definition) is 1. The van der Waals surface area contributed by atoms with Crippen LogP contribution in [-0.2, 0) is 4.74 Å². The Morgan fingerprint density at radius 2 is 1.76 bits per heavy atom. The third kappa shape index (κ3) is 4.44. The minimum atomic E-state index is -2.87. The van der Waals surface area contributed by atoms with Gasteiger partial charge in [-0.1, -0.05) is 18.2 Å². The molecule has 2 aromatic heterocycles. The molecule has 0 radical (unpaired) electrons. The average molecular weight is 525 g/mol. The topological polar surface area (TPSA) is 83.5 Å². The van der Waals surface area contributed by atoms with Gasteiger partial charge in [0.05, 0.1) is 23.9 Å². The Bertz CT molecular complexity index is 1360. The molecular weight excluding hydrogens is 497 g/mol. The van der Waals surface area contributed by atoms with Gasteiger partial charge < -0.3 is 19.9 Å². The molecule has 2 saturated heterocycles. The van der Waals surface area contributed by atoms with Crippen LogP contribution < -0.4 is 15.1 Å². The predicted octanol–water partition coefficient (Wildman–Crippen LogP) is 4.39. The second kappa shape index (κ2) is 9.23. The summed E-state index contributed by atoms with van der Waals surface area (Å²) in [6, 6.07) is 7.65. The van der Waals surface area contributed by atoms with Crippen LogP contribution in [0.15, 0.2) is 48.9 Å². The number of hydrogen-bond acceptors (Lipinski definition) is 7. The molecule has 1 N–H and O–H groups in total. The van der Waals surface area contributed by atoms with Gasteiger partial charge in [-0.2, -0.15) is 0 Å². The van der Waals surface area contributed by atoms with Crippen LogP contribution in [0.2, 0.25) is 0 Å². The number of carbonyl (C=O) groups is 1. The SMILES string of the molecule is COC1CC2(C1)CN(c1ncc(C(=O)Nc3c(-c4ccccc4F)ccnc3N3CCC(F)(F)C3)cn1)C2. The summed E-state index contributed by atoms with van der Waals surface area (Å²) in [6.45, 7) is 1.22. The Kier molecular flexibility index (Phi) is 5.97. The molecule has 11 heteroatoms. The zero-order valence-corrected chi connectivity index (χ0v) is 20.8. The van der Waals surface area contributed by atoms with Crippen LogP contribution in [0.3, 0.4) is 0 Å². The van der Waals surface area contributed by atoms with Gasteiger partial charge in [0, 0.05) is 68.3 Å². The highest BCUT2D eigenvalue weighted by Gasteiger charge is 2.53. The summed E-state index contributed by atoms with van der Waals surface area (Å²) in [5.74, 6) is -3.22. The van der Waals surface area contributed by atoms with Crippen molar-refractivity contribution in [2.75, 3.05) is 48.4 Å². The molecule has 0 unspecified atom stereocenters. The van der Waals surface area contributed by atoms with E-state index in [2.05, 4.69) is 25.2 Å². The van der Waals surface area contributed by atoms with E-state index in [1.807, 2.05) is 0 Å². The van der Waals surface area contributed by atoms with E-state index >= 15 is 0 Å². The third-order valence-corrected chi connectivity index (χ3v) is 7.69. The van der Waals surface area contributed by atoms with E-state index in [0.29, 0.717) is 17.6 Å². The lowest BCUT2D eigenvalue weighted by molar-refractivity contribution is -0.0736. The van der Waals surface area contributed by atoms with E-state index in [1.54, 1.807) is 31.4 Å². The molecule has 3 fully saturated rings. The van der Waals surface area contributed by atoms with Crippen molar-refractivity contribution in [1.82, 2.24) is 15.0 Å². The van der Waals surface area contributed by atoms with E-state index in [4.69, 9.17) is 4.74 Å². The van der Waals surface area contributed by atoms with Gasteiger partial charge in [0.15, 0.2) is 5.82 Å². The number of ether oxygens (including phenoxy) is 1. The van der Waals surface area contributed by atoms with Crippen LogP contribution in [0, 0.1) is 11.2 Å². The maximum atomic E-state index is 14.7. The molecule has 1 aromatic carbocycles. The van der Waals surface area contributed by atoms with E-state index in [0.717, 1.165) is 25.9 Å². The first-order chi connectivity index (χ1) is 18.3. The van der Waals surface area contributed by atoms with Crippen molar-refractivity contribution < 1.29 is 22.7 Å². The third-order valence-electron chi connectivity index (χ3n) is 7.69. The monoisotopic (exact) mass is 524 g/mol. The number of benzene rings is 1. The lowest BCUT2D eigenvalue weighted by Gasteiger charge is -2.58. The molecule has 4 heterocycles. The fraction of sp³-hybridized carbons (Fsp3) is 0.407. The van der Waals surface area contributed by atoms with Gasteiger partial charge in [-0.3, -0.25) is 4.79 Å². The first kappa shape index (κ1) is 24.6. The molecule has 1 aliphatic carbocycles. The van der Waals surface area contributed by atoms with Gasteiger partial charge in [0.25, 0.3) is 11.8 Å². The van der Waals surface area contributed by atoms with Crippen molar-refractivity contribution in [2.24, 2.45) is 5.41 Å². The van der Waals surface area contributed by atoms with E-state index in [-0.39, 0.29) is 41.0 Å². The minimum Gasteiger partial charge on any atom is -0.381 e. The molecule has 1 saturated carbocycles. The van der Waals surface area contributed by atoms with Crippen molar-refractivity contribution in [3.63, 3.8) is 0 Å². The first-order valence-corrected chi connectivity index (χ1v) is 12.5. The molecule has 1 spiro atoms. The number of pyridine rings is 1. The van der Waals surface area contributed by atoms with Crippen LogP contribution in [-0.4, -0.2) is 66.2 Å². The molecule has 1 amide bonds. The summed E-state index contributed by atoms with van der Waals surface area (Å²) in [7, 11) is 1.73. The Labute approximate surface area is 217 Å². The zero-order chi connectivity index (χ0) is 26.5. The normalized spacial score (nSPS) is 19.8. The van der Waals surface area contributed by atoms with E-state index in [9.17, 15) is 18.0 Å². The fourth-order valence-corrected chi connectivity index (χ4v) is 5.66. The number of rotatable bonds is 6. The lowest BCUT2D eigenvalue weighted by atomic mass is 9.62. The Morgan fingerprint density at radius 3 is 2.42 bits per heavy atom. The number of halogens is 3. The van der Waals surface area contributed by atoms with Crippen LogP contribution in [0.25, 0.3) is 11.1 Å². The molecule has 3 aromatic rings. The smallest absolute Gasteiger partial charge is 0.266 e. The predicted molar refractivity (Wildman–Crippen MR) is 136 cm³/mol. The quantitative estimate of drug-likeness (QED) is 0.512. The zero-order valence-electron chi connectivity index (χ0n) is 20.8. The minimum absolute atomic E-state index is 0.0594. The molecule has 8 nitrogen and oxygen atoms in total. The van der Waals surface area contributed by atoms with Crippen LogP contribution in [0.4, 0.5) is 30.6 Å². The average Bonchev–Trinajstić information content (AvgIpc) is 3.23. The first-order valence-electron chi connectivity index (χ1n) is 12.5. The summed E-state index contributed by atoms with van der Waals surface area (Å²) in [6.07, 6.45) is 6.35. The fourth-order valence-electron chi connectivity index (χ4n) is 5.66. The highest BCUT2D eigenvalue weighted by molar-refractivity contribution is 6.08. The van der Waals surface area contributed by atoms with Gasteiger partial charge >= 0.3 is 0 Å². The number of amides is 1. The van der Waals surface area contributed by atoms with E-state index < -0.39 is 24.2 Å². The van der Waals surface area contributed by atoms with Gasteiger partial charge in [0.2, 0.25) is 5.95 Å². The number of anilines is 3. The standard InChI is InChI=1S/C27H27F3N6O2/c1-38-18-10-26(11-18)14-36(15-26)25-32-12-17(13-33-25)24(37)34-22-20(19-4-2-3-5-21(19)28)6-8-31-23(22)35-9-7-27(29,30)16-35/h2-6,8,12-13,18H,7,9-11,14-16H2,1H3,(H,34,37). The number of nitrogens with zero attached hydrogens (tertiary/aromatic N) is 5. The Hall–Kier alpha value is -3.73. The van der Waals surface area contributed by atoms with Crippen LogP contribution in [0.1, 0.15) is 29.6 Å². The van der Waals surface area contributed by atoms with Gasteiger partial charge in [-0.15, -0.1) is 0 Å². The Morgan fingerprint density at radius 1 is 1.03 bits per heavy atom. The van der Waals surface area contributed by atoms with Crippen LogP contribution >= 0.6 is 0 Å². The maximum Gasteiger partial charge on any atom is 0.266 e. The lowest BCUT2D eigenvalue weighted by Crippen LogP contribution is -2.64. The van der Waals surface area contributed by atoms with E-state index in [1.165, 1.54) is 29.6 Å². The molecular formula is C27H27F3N6O2. The highest BCUT2D eigenvalue weighted by Crippen LogP contribution is 2.50. The largest absolute Gasteiger partial charge is 0.381 e. The molecule has 0 atom stereocenters. The molecule has 6 rings (SSSR count). The Balaban J connectivity index is 1.24. The van der Waals surface area contributed by atoms with Crippen LogP contribution in [0.5, 0.6) is 0 Å².